The fourth-order valence-electron chi connectivity index (χ4n) is 0.849. The summed E-state index contributed by atoms with van der Waals surface area (Å²) in [6.45, 7) is 9.39. The van der Waals surface area contributed by atoms with Gasteiger partial charge >= 0.3 is 15.2 Å². The molecule has 0 heterocycles. The molecule has 0 aromatic heterocycles. The molecule has 2 atom stereocenters. The van der Waals surface area contributed by atoms with Crippen LogP contribution in [0.4, 0.5) is 0 Å². The zero-order chi connectivity index (χ0) is 20.5. The van der Waals surface area contributed by atoms with Gasteiger partial charge in [-0.3, -0.25) is 9.13 Å². The molecule has 8 nitrogen and oxygen atoms in total. The van der Waals surface area contributed by atoms with E-state index < -0.39 is 15.2 Å². The number of hydrogen-bond donors (Lipinski definition) is 1. The van der Waals surface area contributed by atoms with Gasteiger partial charge in [-0.2, -0.15) is 0 Å². The zero-order valence-electron chi connectivity index (χ0n) is 17.2. The van der Waals surface area contributed by atoms with E-state index in [1.807, 2.05) is 20.8 Å². The van der Waals surface area contributed by atoms with Crippen molar-refractivity contribution in [2.75, 3.05) is 40.9 Å². The van der Waals surface area contributed by atoms with Crippen LogP contribution in [0.15, 0.2) is 0 Å². The van der Waals surface area contributed by atoms with Gasteiger partial charge in [0.1, 0.15) is 6.35 Å². The van der Waals surface area contributed by atoms with E-state index in [1.165, 1.54) is 28.4 Å². The highest BCUT2D eigenvalue weighted by molar-refractivity contribution is 7.53. The molecule has 0 amide bonds. The molecule has 0 aromatic carbocycles. The summed E-state index contributed by atoms with van der Waals surface area (Å²) in [4.78, 5) is 0. The lowest BCUT2D eigenvalue weighted by molar-refractivity contribution is 0.0806. The first-order valence-electron chi connectivity index (χ1n) is 8.24. The van der Waals surface area contributed by atoms with Crippen molar-refractivity contribution in [1.29, 1.82) is 0 Å². The van der Waals surface area contributed by atoms with Crippen LogP contribution in [0.1, 0.15) is 62.3 Å². The second-order valence-corrected chi connectivity index (χ2v) is 9.84. The van der Waals surface area contributed by atoms with Crippen molar-refractivity contribution in [3.8, 4) is 0 Å². The normalized spacial score (nSPS) is 12.8. The standard InChI is InChI=1S/C7H17O4P.C4H11O3P.C4H10O.2CH4/c1-5-7(2)11-6-12(8,9-3)10-4;1-4-8(5,6-2)7-3;1-3-4(2)5;;/h7H,5-6H2,1-4H3;4H2,1-3H3;4-5H,3H2,1-2H3;2*1H4. The van der Waals surface area contributed by atoms with Gasteiger partial charge in [0.25, 0.3) is 0 Å². The first-order valence-corrected chi connectivity index (χ1v) is 11.7. The Bertz CT molecular complexity index is 351. The highest BCUT2D eigenvalue weighted by atomic mass is 31.2. The quantitative estimate of drug-likeness (QED) is 0.426. The van der Waals surface area contributed by atoms with Gasteiger partial charge < -0.3 is 27.9 Å². The highest BCUT2D eigenvalue weighted by Gasteiger charge is 2.21. The smallest absolute Gasteiger partial charge is 0.355 e. The van der Waals surface area contributed by atoms with E-state index in [0.717, 1.165) is 12.8 Å². The topological polar surface area (TPSA) is 101 Å². The molecule has 172 valence electrons. The van der Waals surface area contributed by atoms with E-state index in [1.54, 1.807) is 13.8 Å². The molecule has 0 rings (SSSR count). The van der Waals surface area contributed by atoms with Gasteiger partial charge in [0.2, 0.25) is 0 Å². The maximum Gasteiger partial charge on any atom is 0.355 e. The number of hydrogen-bond acceptors (Lipinski definition) is 8. The highest BCUT2D eigenvalue weighted by Crippen LogP contribution is 2.46. The van der Waals surface area contributed by atoms with Gasteiger partial charge in [0, 0.05) is 34.6 Å². The Morgan fingerprint density at radius 1 is 0.778 bits per heavy atom. The van der Waals surface area contributed by atoms with Crippen molar-refractivity contribution < 1.29 is 37.1 Å². The molecule has 0 aromatic rings. The lowest BCUT2D eigenvalue weighted by atomic mass is 10.3. The summed E-state index contributed by atoms with van der Waals surface area (Å²) < 4.78 is 46.0. The fourth-order valence-corrected chi connectivity index (χ4v) is 2.31. The van der Waals surface area contributed by atoms with Gasteiger partial charge in [-0.25, -0.2) is 0 Å². The third-order valence-corrected chi connectivity index (χ3v) is 6.65. The Morgan fingerprint density at radius 3 is 1.26 bits per heavy atom. The molecule has 0 fully saturated rings. The van der Waals surface area contributed by atoms with E-state index in [9.17, 15) is 9.13 Å². The Balaban J connectivity index is -0.0000000941. The molecular weight excluding hydrogens is 394 g/mol. The minimum absolute atomic E-state index is 0. The van der Waals surface area contributed by atoms with Crippen molar-refractivity contribution in [1.82, 2.24) is 0 Å². The van der Waals surface area contributed by atoms with Gasteiger partial charge in [0.15, 0.2) is 0 Å². The molecule has 0 aliphatic carbocycles. The van der Waals surface area contributed by atoms with Gasteiger partial charge in [-0.1, -0.05) is 35.6 Å². The molecule has 1 N–H and O–H groups in total. The first-order chi connectivity index (χ1) is 11.5. The van der Waals surface area contributed by atoms with Crippen molar-refractivity contribution >= 4 is 15.2 Å². The molecule has 27 heavy (non-hydrogen) atoms. The lowest BCUT2D eigenvalue weighted by Gasteiger charge is -2.16. The molecule has 10 heteroatoms. The third-order valence-electron chi connectivity index (χ3n) is 3.18. The third kappa shape index (κ3) is 24.2. The van der Waals surface area contributed by atoms with Crippen LogP contribution >= 0.6 is 15.2 Å². The van der Waals surface area contributed by atoms with Crippen LogP contribution in [0.3, 0.4) is 0 Å². The van der Waals surface area contributed by atoms with Crippen LogP contribution in [0.5, 0.6) is 0 Å². The predicted octanol–water partition coefficient (Wildman–Crippen LogP) is 5.79. The Kier molecular flexibility index (Phi) is 31.6. The van der Waals surface area contributed by atoms with Crippen LogP contribution in [0.25, 0.3) is 0 Å². The molecule has 0 spiro atoms. The van der Waals surface area contributed by atoms with E-state index in [2.05, 4.69) is 9.05 Å². The van der Waals surface area contributed by atoms with E-state index in [-0.39, 0.29) is 33.4 Å². The fraction of sp³-hybridized carbons (Fsp3) is 1.00. The van der Waals surface area contributed by atoms with E-state index >= 15 is 0 Å². The average Bonchev–Trinajstić information content (AvgIpc) is 2.65. The monoisotopic (exact) mass is 440 g/mol. The largest absolute Gasteiger partial charge is 0.393 e. The summed E-state index contributed by atoms with van der Waals surface area (Å²) in [5, 5.41) is 8.36. The van der Waals surface area contributed by atoms with Gasteiger partial charge in [0.05, 0.1) is 12.2 Å². The number of aliphatic hydroxyl groups is 1. The summed E-state index contributed by atoms with van der Waals surface area (Å²) >= 11 is 0. The molecule has 0 saturated heterocycles. The van der Waals surface area contributed by atoms with Gasteiger partial charge in [-0.05, 0) is 26.7 Å². The van der Waals surface area contributed by atoms with Crippen LogP contribution in [0, 0.1) is 0 Å². The molecule has 0 bridgehead atoms. The maximum atomic E-state index is 11.4. The Hall–Kier alpha value is 0.220. The van der Waals surface area contributed by atoms with Crippen molar-refractivity contribution in [2.45, 2.75) is 74.5 Å². The summed E-state index contributed by atoms with van der Waals surface area (Å²) in [6, 6.07) is 0. The predicted molar refractivity (Wildman–Crippen MR) is 115 cm³/mol. The summed E-state index contributed by atoms with van der Waals surface area (Å²) in [6.07, 6.45) is 2.17. The number of rotatable bonds is 10. The first kappa shape index (κ1) is 37.9. The summed E-state index contributed by atoms with van der Waals surface area (Å²) in [7, 11) is -0.164. The Morgan fingerprint density at radius 2 is 1.11 bits per heavy atom. The summed E-state index contributed by atoms with van der Waals surface area (Å²) in [5.74, 6) is 0. The second-order valence-electron chi connectivity index (χ2n) is 5.04. The SMILES string of the molecule is C.C.CCC(C)O.CCC(C)OCP(=O)(OC)OC.CCP(=O)(OC)OC. The molecule has 0 aliphatic rings. The second kappa shape index (κ2) is 22.5. The molecular formula is C17H46O8P2. The minimum Gasteiger partial charge on any atom is -0.393 e. The van der Waals surface area contributed by atoms with Crippen molar-refractivity contribution in [3.63, 3.8) is 0 Å². The molecule has 2 unspecified atom stereocenters. The van der Waals surface area contributed by atoms with Crippen LogP contribution < -0.4 is 0 Å². The minimum atomic E-state index is -2.97. The Labute approximate surface area is 168 Å². The van der Waals surface area contributed by atoms with E-state index in [0.29, 0.717) is 6.16 Å². The zero-order valence-corrected chi connectivity index (χ0v) is 19.0. The molecule has 0 radical (unpaired) electrons. The number of ether oxygens (including phenoxy) is 1. The van der Waals surface area contributed by atoms with Gasteiger partial charge in [-0.15, -0.1) is 0 Å². The van der Waals surface area contributed by atoms with Crippen LogP contribution in [-0.2, 0) is 32.0 Å². The van der Waals surface area contributed by atoms with Crippen molar-refractivity contribution in [3.05, 3.63) is 0 Å². The van der Waals surface area contributed by atoms with E-state index in [4.69, 9.17) is 18.9 Å². The summed E-state index contributed by atoms with van der Waals surface area (Å²) in [5.41, 5.74) is 0. The van der Waals surface area contributed by atoms with Crippen molar-refractivity contribution in [2.24, 2.45) is 0 Å². The van der Waals surface area contributed by atoms with Crippen LogP contribution in [0.2, 0.25) is 0 Å². The molecule has 0 saturated carbocycles. The average molecular weight is 440 g/mol. The molecule has 0 aliphatic heterocycles. The maximum absolute atomic E-state index is 11.4. The number of aliphatic hydroxyl groups excluding tert-OH is 1. The van der Waals surface area contributed by atoms with Crippen LogP contribution in [-0.4, -0.2) is 58.3 Å². The lowest BCUT2D eigenvalue weighted by Crippen LogP contribution is -2.09.